The zero-order valence-electron chi connectivity index (χ0n) is 8.32. The van der Waals surface area contributed by atoms with E-state index in [-0.39, 0.29) is 11.7 Å². The Labute approximate surface area is 93.9 Å². The fourth-order valence-electron chi connectivity index (χ4n) is 1.58. The number of aliphatic hydroxyl groups is 1. The number of ketones is 1. The average molecular weight is 225 g/mol. The number of rotatable bonds is 4. The Morgan fingerprint density at radius 1 is 1.40 bits per heavy atom. The molecule has 2 nitrogen and oxygen atoms in total. The predicted molar refractivity (Wildman–Crippen MR) is 58.9 cm³/mol. The van der Waals surface area contributed by atoms with Gasteiger partial charge in [-0.1, -0.05) is 23.7 Å². The highest BCUT2D eigenvalue weighted by Gasteiger charge is 2.34. The molecule has 0 saturated heterocycles. The van der Waals surface area contributed by atoms with E-state index in [1.807, 2.05) is 12.1 Å². The highest BCUT2D eigenvalue weighted by atomic mass is 35.5. The van der Waals surface area contributed by atoms with Gasteiger partial charge in [0.05, 0.1) is 0 Å². The SMILES string of the molecule is O=C(Cc1ccc(Cl)cc1)C(O)C1CC1. The van der Waals surface area contributed by atoms with E-state index in [2.05, 4.69) is 0 Å². The summed E-state index contributed by atoms with van der Waals surface area (Å²) in [6.45, 7) is 0. The van der Waals surface area contributed by atoms with Gasteiger partial charge in [0.1, 0.15) is 6.10 Å². The minimum atomic E-state index is -0.763. The molecule has 15 heavy (non-hydrogen) atoms. The molecular weight excluding hydrogens is 212 g/mol. The van der Waals surface area contributed by atoms with Gasteiger partial charge in [-0.15, -0.1) is 0 Å². The van der Waals surface area contributed by atoms with E-state index in [0.29, 0.717) is 11.4 Å². The van der Waals surface area contributed by atoms with Crippen LogP contribution in [0.25, 0.3) is 0 Å². The first-order chi connectivity index (χ1) is 7.16. The highest BCUT2D eigenvalue weighted by Crippen LogP contribution is 2.33. The first kappa shape index (κ1) is 10.7. The van der Waals surface area contributed by atoms with Gasteiger partial charge in [-0.2, -0.15) is 0 Å². The van der Waals surface area contributed by atoms with Gasteiger partial charge >= 0.3 is 0 Å². The number of aliphatic hydroxyl groups excluding tert-OH is 1. The number of carbonyl (C=O) groups excluding carboxylic acids is 1. The third-order valence-electron chi connectivity index (χ3n) is 2.69. The monoisotopic (exact) mass is 224 g/mol. The quantitative estimate of drug-likeness (QED) is 0.852. The third kappa shape index (κ3) is 2.80. The highest BCUT2D eigenvalue weighted by molar-refractivity contribution is 6.30. The second kappa shape index (κ2) is 4.33. The summed E-state index contributed by atoms with van der Waals surface area (Å²) in [5, 5.41) is 10.3. The minimum absolute atomic E-state index is 0.0835. The molecule has 0 bridgehead atoms. The molecule has 0 heterocycles. The molecule has 1 unspecified atom stereocenters. The number of carbonyl (C=O) groups is 1. The van der Waals surface area contributed by atoms with Crippen molar-refractivity contribution in [2.75, 3.05) is 0 Å². The molecule has 1 fully saturated rings. The summed E-state index contributed by atoms with van der Waals surface area (Å²) in [5.74, 6) is 0.129. The molecule has 0 aliphatic heterocycles. The Balaban J connectivity index is 1.95. The van der Waals surface area contributed by atoms with Gasteiger partial charge in [-0.3, -0.25) is 4.79 Å². The Morgan fingerprint density at radius 3 is 2.53 bits per heavy atom. The molecule has 1 aromatic carbocycles. The van der Waals surface area contributed by atoms with Crippen LogP contribution in [-0.4, -0.2) is 17.0 Å². The van der Waals surface area contributed by atoms with Crippen LogP contribution in [0.1, 0.15) is 18.4 Å². The summed E-state index contributed by atoms with van der Waals surface area (Å²) in [7, 11) is 0. The van der Waals surface area contributed by atoms with Crippen molar-refractivity contribution < 1.29 is 9.90 Å². The summed E-state index contributed by atoms with van der Waals surface area (Å²) in [6.07, 6.45) is 1.50. The molecule has 0 aromatic heterocycles. The number of halogens is 1. The molecular formula is C12H13ClO2. The lowest BCUT2D eigenvalue weighted by atomic mass is 10.0. The van der Waals surface area contributed by atoms with Crippen LogP contribution in [0.5, 0.6) is 0 Å². The zero-order valence-corrected chi connectivity index (χ0v) is 9.07. The van der Waals surface area contributed by atoms with Crippen molar-refractivity contribution in [3.8, 4) is 0 Å². The van der Waals surface area contributed by atoms with Crippen LogP contribution >= 0.6 is 11.6 Å². The van der Waals surface area contributed by atoms with E-state index in [4.69, 9.17) is 11.6 Å². The molecule has 0 spiro atoms. The number of hydrogen-bond acceptors (Lipinski definition) is 2. The van der Waals surface area contributed by atoms with Crippen molar-refractivity contribution in [2.45, 2.75) is 25.4 Å². The predicted octanol–water partition coefficient (Wildman–Crippen LogP) is 2.22. The lowest BCUT2D eigenvalue weighted by Gasteiger charge is -2.07. The van der Waals surface area contributed by atoms with Crippen molar-refractivity contribution in [3.05, 3.63) is 34.9 Å². The molecule has 80 valence electrons. The van der Waals surface area contributed by atoms with Crippen molar-refractivity contribution in [1.29, 1.82) is 0 Å². The maximum atomic E-state index is 11.6. The molecule has 0 amide bonds. The van der Waals surface area contributed by atoms with E-state index in [0.717, 1.165) is 18.4 Å². The van der Waals surface area contributed by atoms with Gasteiger partial charge in [0.2, 0.25) is 0 Å². The van der Waals surface area contributed by atoms with Gasteiger partial charge in [-0.25, -0.2) is 0 Å². The molecule has 0 radical (unpaired) electrons. The maximum absolute atomic E-state index is 11.6. The molecule has 1 aromatic rings. The molecule has 1 aliphatic carbocycles. The van der Waals surface area contributed by atoms with Gasteiger partial charge in [0, 0.05) is 11.4 Å². The van der Waals surface area contributed by atoms with E-state index >= 15 is 0 Å². The molecule has 2 rings (SSSR count). The average Bonchev–Trinajstić information content (AvgIpc) is 3.04. The Bertz CT molecular complexity index is 354. The summed E-state index contributed by atoms with van der Waals surface area (Å²) in [6, 6.07) is 7.15. The first-order valence-corrected chi connectivity index (χ1v) is 5.50. The van der Waals surface area contributed by atoms with Crippen LogP contribution in [0.3, 0.4) is 0 Å². The van der Waals surface area contributed by atoms with Crippen LogP contribution < -0.4 is 0 Å². The Kier molecular flexibility index (Phi) is 3.08. The van der Waals surface area contributed by atoms with Gasteiger partial charge < -0.3 is 5.11 Å². The number of hydrogen-bond donors (Lipinski definition) is 1. The topological polar surface area (TPSA) is 37.3 Å². The molecule has 3 heteroatoms. The van der Waals surface area contributed by atoms with E-state index < -0.39 is 6.10 Å². The van der Waals surface area contributed by atoms with Crippen molar-refractivity contribution in [2.24, 2.45) is 5.92 Å². The molecule has 1 saturated carbocycles. The normalized spacial score (nSPS) is 17.5. The van der Waals surface area contributed by atoms with E-state index in [1.54, 1.807) is 12.1 Å². The largest absolute Gasteiger partial charge is 0.385 e. The van der Waals surface area contributed by atoms with Gasteiger partial charge in [-0.05, 0) is 36.5 Å². The van der Waals surface area contributed by atoms with Gasteiger partial charge in [0.15, 0.2) is 5.78 Å². The van der Waals surface area contributed by atoms with E-state index in [9.17, 15) is 9.90 Å². The van der Waals surface area contributed by atoms with Crippen molar-refractivity contribution in [1.82, 2.24) is 0 Å². The zero-order chi connectivity index (χ0) is 10.8. The second-order valence-corrected chi connectivity index (χ2v) is 4.49. The molecule has 1 aliphatic rings. The summed E-state index contributed by atoms with van der Waals surface area (Å²) in [4.78, 5) is 11.6. The smallest absolute Gasteiger partial charge is 0.165 e. The third-order valence-corrected chi connectivity index (χ3v) is 2.94. The number of Topliss-reactive ketones (excluding diaryl/α,β-unsaturated/α-hetero) is 1. The van der Waals surface area contributed by atoms with Crippen LogP contribution in [0.15, 0.2) is 24.3 Å². The number of benzene rings is 1. The summed E-state index contributed by atoms with van der Waals surface area (Å²) < 4.78 is 0. The first-order valence-electron chi connectivity index (χ1n) is 5.12. The molecule has 1 atom stereocenters. The summed E-state index contributed by atoms with van der Waals surface area (Å²) >= 11 is 5.74. The van der Waals surface area contributed by atoms with Crippen LogP contribution in [0.2, 0.25) is 5.02 Å². The van der Waals surface area contributed by atoms with Gasteiger partial charge in [0.25, 0.3) is 0 Å². The fraction of sp³-hybridized carbons (Fsp3) is 0.417. The minimum Gasteiger partial charge on any atom is -0.385 e. The van der Waals surface area contributed by atoms with Crippen molar-refractivity contribution >= 4 is 17.4 Å². The Hall–Kier alpha value is -0.860. The van der Waals surface area contributed by atoms with Crippen LogP contribution in [0.4, 0.5) is 0 Å². The molecule has 1 N–H and O–H groups in total. The van der Waals surface area contributed by atoms with Crippen LogP contribution in [-0.2, 0) is 11.2 Å². The van der Waals surface area contributed by atoms with Crippen molar-refractivity contribution in [3.63, 3.8) is 0 Å². The van der Waals surface area contributed by atoms with Crippen LogP contribution in [0, 0.1) is 5.92 Å². The lowest BCUT2D eigenvalue weighted by molar-refractivity contribution is -0.127. The maximum Gasteiger partial charge on any atom is 0.165 e. The van der Waals surface area contributed by atoms with E-state index in [1.165, 1.54) is 0 Å². The standard InChI is InChI=1S/C12H13ClO2/c13-10-5-1-8(2-6-10)7-11(14)12(15)9-3-4-9/h1-2,5-6,9,12,15H,3-4,7H2. The fourth-order valence-corrected chi connectivity index (χ4v) is 1.71. The summed E-state index contributed by atoms with van der Waals surface area (Å²) in [5.41, 5.74) is 0.907. The lowest BCUT2D eigenvalue weighted by Crippen LogP contribution is -2.24. The Morgan fingerprint density at radius 2 is 2.00 bits per heavy atom. The second-order valence-electron chi connectivity index (χ2n) is 4.05.